The molecule has 3 atom stereocenters. The van der Waals surface area contributed by atoms with Gasteiger partial charge in [-0.3, -0.25) is 4.79 Å². The van der Waals surface area contributed by atoms with Crippen LogP contribution in [0.5, 0.6) is 0 Å². The van der Waals surface area contributed by atoms with E-state index < -0.39 is 0 Å². The van der Waals surface area contributed by atoms with Gasteiger partial charge in [0.25, 0.3) is 0 Å². The molecule has 3 aliphatic rings. The van der Waals surface area contributed by atoms with E-state index in [4.69, 9.17) is 0 Å². The van der Waals surface area contributed by atoms with Crippen LogP contribution < -0.4 is 5.32 Å². The Balaban J connectivity index is 0.000000963. The first kappa shape index (κ1) is 12.2. The molecule has 92 valence electrons. The summed E-state index contributed by atoms with van der Waals surface area (Å²) in [5, 5.41) is 3.28. The molecule has 1 aliphatic carbocycles. The summed E-state index contributed by atoms with van der Waals surface area (Å²) in [5.41, 5.74) is 0. The van der Waals surface area contributed by atoms with Gasteiger partial charge in [0.15, 0.2) is 0 Å². The molecule has 16 heavy (non-hydrogen) atoms. The Morgan fingerprint density at radius 2 is 1.81 bits per heavy atom. The van der Waals surface area contributed by atoms with Crippen LogP contribution in [0.25, 0.3) is 0 Å². The van der Waals surface area contributed by atoms with Crippen molar-refractivity contribution in [2.45, 2.75) is 25.7 Å². The van der Waals surface area contributed by atoms with Crippen LogP contribution in [0.4, 0.5) is 0 Å². The molecule has 2 saturated heterocycles. The molecule has 4 heteroatoms. The maximum atomic E-state index is 12.2. The maximum absolute atomic E-state index is 12.2. The van der Waals surface area contributed by atoms with E-state index in [1.807, 2.05) is 0 Å². The van der Waals surface area contributed by atoms with E-state index in [9.17, 15) is 4.79 Å². The van der Waals surface area contributed by atoms with Gasteiger partial charge in [0.2, 0.25) is 5.91 Å². The summed E-state index contributed by atoms with van der Waals surface area (Å²) in [6, 6.07) is 0. The largest absolute Gasteiger partial charge is 0.342 e. The molecule has 1 saturated carbocycles. The minimum atomic E-state index is 0. The van der Waals surface area contributed by atoms with Crippen molar-refractivity contribution in [3.8, 4) is 0 Å². The molecule has 0 aromatic rings. The van der Waals surface area contributed by atoms with Crippen molar-refractivity contribution in [1.29, 1.82) is 0 Å². The highest BCUT2D eigenvalue weighted by Gasteiger charge is 2.39. The van der Waals surface area contributed by atoms with Gasteiger partial charge in [-0.15, -0.1) is 12.4 Å². The van der Waals surface area contributed by atoms with Crippen molar-refractivity contribution < 1.29 is 4.79 Å². The first-order valence-corrected chi connectivity index (χ1v) is 6.34. The Labute approximate surface area is 103 Å². The van der Waals surface area contributed by atoms with Gasteiger partial charge in [0.05, 0.1) is 5.92 Å². The lowest BCUT2D eigenvalue weighted by Gasteiger charge is -2.20. The fraction of sp³-hybridized carbons (Fsp3) is 0.917. The van der Waals surface area contributed by atoms with Crippen LogP contribution in [-0.4, -0.2) is 37.0 Å². The second-order valence-corrected chi connectivity index (χ2v) is 5.38. The van der Waals surface area contributed by atoms with E-state index in [-0.39, 0.29) is 18.3 Å². The molecule has 2 heterocycles. The van der Waals surface area contributed by atoms with Gasteiger partial charge in [-0.2, -0.15) is 0 Å². The van der Waals surface area contributed by atoms with Crippen LogP contribution in [0.15, 0.2) is 0 Å². The van der Waals surface area contributed by atoms with Gasteiger partial charge in [-0.05, 0) is 37.6 Å². The Hall–Kier alpha value is -0.280. The molecule has 1 N–H and O–H groups in total. The van der Waals surface area contributed by atoms with Crippen LogP contribution in [0.1, 0.15) is 25.7 Å². The van der Waals surface area contributed by atoms with E-state index >= 15 is 0 Å². The number of likely N-dealkylation sites (tertiary alicyclic amines) is 1. The number of fused-ring (bicyclic) bond motifs is 1. The molecule has 3 rings (SSSR count). The Kier molecular flexibility index (Phi) is 3.75. The van der Waals surface area contributed by atoms with Crippen LogP contribution in [-0.2, 0) is 4.79 Å². The number of halogens is 1. The van der Waals surface area contributed by atoms with Gasteiger partial charge >= 0.3 is 0 Å². The highest BCUT2D eigenvalue weighted by atomic mass is 35.5. The summed E-state index contributed by atoms with van der Waals surface area (Å²) in [6.07, 6.45) is 5.15. The quantitative estimate of drug-likeness (QED) is 0.754. The SMILES string of the molecule is Cl.O=C(C1CCNC1)N1CC2CCCC2C1. The predicted molar refractivity (Wildman–Crippen MR) is 65.6 cm³/mol. The minimum Gasteiger partial charge on any atom is -0.342 e. The molecule has 3 unspecified atom stereocenters. The Morgan fingerprint density at radius 1 is 1.12 bits per heavy atom. The first-order chi connectivity index (χ1) is 7.34. The number of nitrogens with one attached hydrogen (secondary N) is 1. The van der Waals surface area contributed by atoms with Crippen molar-refractivity contribution in [3.05, 3.63) is 0 Å². The number of hydrogen-bond acceptors (Lipinski definition) is 2. The molecular weight excluding hydrogens is 224 g/mol. The lowest BCUT2D eigenvalue weighted by Crippen LogP contribution is -2.35. The molecule has 0 radical (unpaired) electrons. The summed E-state index contributed by atoms with van der Waals surface area (Å²) in [7, 11) is 0. The fourth-order valence-corrected chi connectivity index (χ4v) is 3.54. The summed E-state index contributed by atoms with van der Waals surface area (Å²) in [6.45, 7) is 4.04. The lowest BCUT2D eigenvalue weighted by atomic mass is 10.0. The number of hydrogen-bond donors (Lipinski definition) is 1. The van der Waals surface area contributed by atoms with Gasteiger partial charge in [-0.1, -0.05) is 6.42 Å². The zero-order valence-corrected chi connectivity index (χ0v) is 10.5. The van der Waals surface area contributed by atoms with Gasteiger partial charge in [-0.25, -0.2) is 0 Å². The minimum absolute atomic E-state index is 0. The average Bonchev–Trinajstić information content (AvgIpc) is 2.92. The summed E-state index contributed by atoms with van der Waals surface area (Å²) < 4.78 is 0. The van der Waals surface area contributed by atoms with E-state index in [0.29, 0.717) is 5.91 Å². The Bertz CT molecular complexity index is 254. The van der Waals surface area contributed by atoms with E-state index in [1.54, 1.807) is 0 Å². The van der Waals surface area contributed by atoms with Crippen LogP contribution in [0.3, 0.4) is 0 Å². The van der Waals surface area contributed by atoms with E-state index in [1.165, 1.54) is 19.3 Å². The molecule has 2 aliphatic heterocycles. The molecule has 0 spiro atoms. The molecule has 3 nitrogen and oxygen atoms in total. The van der Waals surface area contributed by atoms with Crippen LogP contribution in [0, 0.1) is 17.8 Å². The van der Waals surface area contributed by atoms with Crippen molar-refractivity contribution in [2.75, 3.05) is 26.2 Å². The zero-order chi connectivity index (χ0) is 10.3. The third kappa shape index (κ3) is 2.07. The van der Waals surface area contributed by atoms with Gasteiger partial charge in [0, 0.05) is 19.6 Å². The summed E-state index contributed by atoms with van der Waals surface area (Å²) >= 11 is 0. The second kappa shape index (κ2) is 4.92. The third-order valence-corrected chi connectivity index (χ3v) is 4.45. The van der Waals surface area contributed by atoms with Crippen LogP contribution >= 0.6 is 12.4 Å². The second-order valence-electron chi connectivity index (χ2n) is 5.38. The lowest BCUT2D eigenvalue weighted by molar-refractivity contribution is -0.134. The van der Waals surface area contributed by atoms with Crippen molar-refractivity contribution in [3.63, 3.8) is 0 Å². The zero-order valence-electron chi connectivity index (χ0n) is 9.65. The van der Waals surface area contributed by atoms with Crippen LogP contribution in [0.2, 0.25) is 0 Å². The molecule has 3 fully saturated rings. The predicted octanol–water partition coefficient (Wildman–Crippen LogP) is 1.28. The molecule has 0 aromatic carbocycles. The first-order valence-electron chi connectivity index (χ1n) is 6.34. The number of amides is 1. The van der Waals surface area contributed by atoms with Crippen molar-refractivity contribution in [2.24, 2.45) is 17.8 Å². The number of carbonyl (C=O) groups is 1. The van der Waals surface area contributed by atoms with Gasteiger partial charge in [0.1, 0.15) is 0 Å². The standard InChI is InChI=1S/C12H20N2O.ClH/c15-12(9-4-5-13-6-9)14-7-10-2-1-3-11(10)8-14;/h9-11,13H,1-8H2;1H. The number of carbonyl (C=O) groups excluding carboxylic acids is 1. The number of rotatable bonds is 1. The number of nitrogens with zero attached hydrogens (tertiary/aromatic N) is 1. The summed E-state index contributed by atoms with van der Waals surface area (Å²) in [4.78, 5) is 14.3. The monoisotopic (exact) mass is 244 g/mol. The fourth-order valence-electron chi connectivity index (χ4n) is 3.54. The smallest absolute Gasteiger partial charge is 0.227 e. The Morgan fingerprint density at radius 3 is 2.38 bits per heavy atom. The average molecular weight is 245 g/mol. The van der Waals surface area contributed by atoms with Crippen molar-refractivity contribution in [1.82, 2.24) is 10.2 Å². The highest BCUT2D eigenvalue weighted by molar-refractivity contribution is 5.85. The molecule has 0 aromatic heterocycles. The van der Waals surface area contributed by atoms with E-state index in [0.717, 1.165) is 44.4 Å². The molecule has 0 bridgehead atoms. The van der Waals surface area contributed by atoms with E-state index in [2.05, 4.69) is 10.2 Å². The maximum Gasteiger partial charge on any atom is 0.227 e. The highest BCUT2D eigenvalue weighted by Crippen LogP contribution is 2.38. The van der Waals surface area contributed by atoms with Gasteiger partial charge < -0.3 is 10.2 Å². The topological polar surface area (TPSA) is 32.3 Å². The summed E-state index contributed by atoms with van der Waals surface area (Å²) in [5.74, 6) is 2.38. The normalized spacial score (nSPS) is 37.2. The molecular formula is C12H21ClN2O. The molecule has 1 amide bonds. The third-order valence-electron chi connectivity index (χ3n) is 4.45. The van der Waals surface area contributed by atoms with Crippen molar-refractivity contribution >= 4 is 18.3 Å².